The maximum atomic E-state index is 12.4. The molecule has 1 heterocycles. The second-order valence-corrected chi connectivity index (χ2v) is 4.16. The Balaban J connectivity index is 2.05. The van der Waals surface area contributed by atoms with Crippen molar-refractivity contribution in [2.45, 2.75) is 0 Å². The predicted molar refractivity (Wildman–Crippen MR) is 70.2 cm³/mol. The van der Waals surface area contributed by atoms with Gasteiger partial charge in [-0.2, -0.15) is 0 Å². The average Bonchev–Trinajstić information content (AvgIpc) is 2.47. The number of amides is 2. The maximum Gasteiger partial charge on any atom is 0.272 e. The van der Waals surface area contributed by atoms with Crippen LogP contribution in [-0.2, 0) is 4.79 Å². The van der Waals surface area contributed by atoms with Gasteiger partial charge in [-0.05, 0) is 24.3 Å². The largest absolute Gasteiger partial charge is 0.482 e. The fourth-order valence-electron chi connectivity index (χ4n) is 2.03. The molecular formula is C15H11NO3. The molecule has 0 atom stereocenters. The number of ether oxygens (including phenoxy) is 1. The van der Waals surface area contributed by atoms with Gasteiger partial charge >= 0.3 is 0 Å². The van der Waals surface area contributed by atoms with Crippen LogP contribution in [0.15, 0.2) is 54.6 Å². The van der Waals surface area contributed by atoms with Crippen LogP contribution in [0.25, 0.3) is 0 Å². The van der Waals surface area contributed by atoms with Crippen LogP contribution in [0.2, 0.25) is 0 Å². The first-order valence-electron chi connectivity index (χ1n) is 5.91. The molecule has 2 aromatic rings. The van der Waals surface area contributed by atoms with E-state index in [1.165, 1.54) is 4.90 Å². The van der Waals surface area contributed by atoms with Gasteiger partial charge < -0.3 is 4.74 Å². The highest BCUT2D eigenvalue weighted by atomic mass is 16.5. The summed E-state index contributed by atoms with van der Waals surface area (Å²) in [6, 6.07) is 15.8. The molecule has 19 heavy (non-hydrogen) atoms. The number of rotatable bonds is 1. The van der Waals surface area contributed by atoms with Crippen molar-refractivity contribution in [2.75, 3.05) is 11.5 Å². The number of hydrogen-bond acceptors (Lipinski definition) is 3. The molecule has 0 unspecified atom stereocenters. The molecule has 0 bridgehead atoms. The number of carbonyl (C=O) groups is 2. The zero-order valence-electron chi connectivity index (χ0n) is 10.1. The Morgan fingerprint density at radius 1 is 1.00 bits per heavy atom. The number of anilines is 1. The fourth-order valence-corrected chi connectivity index (χ4v) is 2.03. The molecule has 94 valence electrons. The van der Waals surface area contributed by atoms with Crippen molar-refractivity contribution in [3.8, 4) is 5.75 Å². The van der Waals surface area contributed by atoms with E-state index in [0.717, 1.165) is 0 Å². The monoisotopic (exact) mass is 253 g/mol. The van der Waals surface area contributed by atoms with Crippen molar-refractivity contribution in [1.29, 1.82) is 0 Å². The summed E-state index contributed by atoms with van der Waals surface area (Å²) in [5.74, 6) is -0.139. The van der Waals surface area contributed by atoms with Crippen molar-refractivity contribution in [2.24, 2.45) is 0 Å². The normalized spacial score (nSPS) is 13.7. The smallest absolute Gasteiger partial charge is 0.272 e. The zero-order chi connectivity index (χ0) is 13.2. The molecule has 0 aliphatic carbocycles. The molecule has 0 spiro atoms. The Bertz CT molecular complexity index is 637. The Kier molecular flexibility index (Phi) is 2.76. The minimum atomic E-state index is -0.354. The van der Waals surface area contributed by atoms with Crippen LogP contribution in [0.1, 0.15) is 10.4 Å². The van der Waals surface area contributed by atoms with Crippen molar-refractivity contribution in [3.63, 3.8) is 0 Å². The number of nitrogens with zero attached hydrogens (tertiary/aromatic N) is 1. The fraction of sp³-hybridized carbons (Fsp3) is 0.0667. The van der Waals surface area contributed by atoms with E-state index < -0.39 is 0 Å². The number of fused-ring (bicyclic) bond motifs is 1. The first-order chi connectivity index (χ1) is 9.27. The third-order valence-corrected chi connectivity index (χ3v) is 2.93. The van der Waals surface area contributed by atoms with Gasteiger partial charge in [0.15, 0.2) is 6.61 Å². The van der Waals surface area contributed by atoms with Crippen LogP contribution in [-0.4, -0.2) is 18.4 Å². The van der Waals surface area contributed by atoms with Crippen LogP contribution < -0.4 is 9.64 Å². The Morgan fingerprint density at radius 3 is 2.47 bits per heavy atom. The Hall–Kier alpha value is -2.62. The van der Waals surface area contributed by atoms with Gasteiger partial charge in [-0.25, -0.2) is 4.90 Å². The molecule has 4 heteroatoms. The van der Waals surface area contributed by atoms with Gasteiger partial charge in [0.2, 0.25) is 0 Å². The van der Waals surface area contributed by atoms with Crippen LogP contribution in [0.3, 0.4) is 0 Å². The zero-order valence-corrected chi connectivity index (χ0v) is 10.1. The summed E-state index contributed by atoms with van der Waals surface area (Å²) in [6.45, 7) is -0.115. The summed E-state index contributed by atoms with van der Waals surface area (Å²) >= 11 is 0. The highest BCUT2D eigenvalue weighted by molar-refractivity contribution is 6.22. The van der Waals surface area contributed by atoms with Crippen molar-refractivity contribution in [3.05, 3.63) is 60.2 Å². The number of imide groups is 1. The summed E-state index contributed by atoms with van der Waals surface area (Å²) < 4.78 is 5.31. The lowest BCUT2D eigenvalue weighted by molar-refractivity contribution is -0.120. The van der Waals surface area contributed by atoms with Crippen LogP contribution in [0, 0.1) is 0 Å². The summed E-state index contributed by atoms with van der Waals surface area (Å²) in [5, 5.41) is 0. The molecule has 4 nitrogen and oxygen atoms in total. The van der Waals surface area contributed by atoms with E-state index in [4.69, 9.17) is 4.74 Å². The lowest BCUT2D eigenvalue weighted by atomic mass is 10.1. The molecule has 0 saturated carbocycles. The summed E-state index contributed by atoms with van der Waals surface area (Å²) in [4.78, 5) is 25.5. The average molecular weight is 253 g/mol. The van der Waals surface area contributed by atoms with Gasteiger partial charge in [0, 0.05) is 5.56 Å². The van der Waals surface area contributed by atoms with Gasteiger partial charge in [0.1, 0.15) is 5.75 Å². The second kappa shape index (κ2) is 4.57. The maximum absolute atomic E-state index is 12.4. The van der Waals surface area contributed by atoms with E-state index in [1.54, 1.807) is 48.5 Å². The third kappa shape index (κ3) is 1.97. The number of carbonyl (C=O) groups excluding carboxylic acids is 2. The lowest BCUT2D eigenvalue weighted by Gasteiger charge is -2.27. The van der Waals surface area contributed by atoms with Crippen LogP contribution >= 0.6 is 0 Å². The van der Waals surface area contributed by atoms with Crippen LogP contribution in [0.4, 0.5) is 5.69 Å². The van der Waals surface area contributed by atoms with E-state index in [-0.39, 0.29) is 18.4 Å². The van der Waals surface area contributed by atoms with Gasteiger partial charge in [-0.15, -0.1) is 0 Å². The Labute approximate surface area is 110 Å². The minimum Gasteiger partial charge on any atom is -0.482 e. The third-order valence-electron chi connectivity index (χ3n) is 2.93. The molecule has 0 fully saturated rings. The number of para-hydroxylation sites is 2. The molecule has 3 rings (SSSR count). The minimum absolute atomic E-state index is 0.115. The number of hydrogen-bond donors (Lipinski definition) is 0. The van der Waals surface area contributed by atoms with Crippen molar-refractivity contribution in [1.82, 2.24) is 0 Å². The topological polar surface area (TPSA) is 46.6 Å². The quantitative estimate of drug-likeness (QED) is 0.732. The molecule has 0 saturated heterocycles. The molecule has 0 radical (unpaired) electrons. The molecule has 2 aromatic carbocycles. The summed E-state index contributed by atoms with van der Waals surface area (Å²) in [6.07, 6.45) is 0. The first-order valence-corrected chi connectivity index (χ1v) is 5.91. The molecule has 0 aromatic heterocycles. The summed E-state index contributed by atoms with van der Waals surface area (Å²) in [7, 11) is 0. The Morgan fingerprint density at radius 2 is 1.68 bits per heavy atom. The predicted octanol–water partition coefficient (Wildman–Crippen LogP) is 2.25. The molecule has 1 aliphatic rings. The van der Waals surface area contributed by atoms with E-state index >= 15 is 0 Å². The highest BCUT2D eigenvalue weighted by Gasteiger charge is 2.31. The van der Waals surface area contributed by atoms with Gasteiger partial charge in [0.05, 0.1) is 5.69 Å². The lowest BCUT2D eigenvalue weighted by Crippen LogP contribution is -2.43. The molecule has 2 amide bonds. The molecular weight excluding hydrogens is 242 g/mol. The van der Waals surface area contributed by atoms with E-state index in [1.807, 2.05) is 6.07 Å². The molecule has 0 N–H and O–H groups in total. The summed E-state index contributed by atoms with van der Waals surface area (Å²) in [5.41, 5.74) is 0.972. The van der Waals surface area contributed by atoms with Gasteiger partial charge in [-0.1, -0.05) is 30.3 Å². The van der Waals surface area contributed by atoms with E-state index in [0.29, 0.717) is 17.0 Å². The standard InChI is InChI=1S/C15H11NO3/c17-14-10-19-13-9-5-4-8-12(13)16(14)15(18)11-6-2-1-3-7-11/h1-9H,10H2. The molecule has 1 aliphatic heterocycles. The second-order valence-electron chi connectivity index (χ2n) is 4.16. The van der Waals surface area contributed by atoms with Crippen molar-refractivity contribution >= 4 is 17.5 Å². The first kappa shape index (κ1) is 11.5. The van der Waals surface area contributed by atoms with Crippen LogP contribution in [0.5, 0.6) is 5.75 Å². The van der Waals surface area contributed by atoms with E-state index in [2.05, 4.69) is 0 Å². The highest BCUT2D eigenvalue weighted by Crippen LogP contribution is 2.32. The SMILES string of the molecule is O=C1COc2ccccc2N1C(=O)c1ccccc1. The van der Waals surface area contributed by atoms with E-state index in [9.17, 15) is 9.59 Å². The van der Waals surface area contributed by atoms with Gasteiger partial charge in [-0.3, -0.25) is 9.59 Å². The van der Waals surface area contributed by atoms with Gasteiger partial charge in [0.25, 0.3) is 11.8 Å². The number of benzene rings is 2. The van der Waals surface area contributed by atoms with Crippen molar-refractivity contribution < 1.29 is 14.3 Å².